The molecule has 128 valence electrons. The van der Waals surface area contributed by atoms with Crippen LogP contribution in [0.3, 0.4) is 0 Å². The van der Waals surface area contributed by atoms with Crippen molar-refractivity contribution in [1.29, 1.82) is 0 Å². The normalized spacial score (nSPS) is 18.5. The van der Waals surface area contributed by atoms with Gasteiger partial charge in [0.25, 0.3) is 0 Å². The van der Waals surface area contributed by atoms with Gasteiger partial charge < -0.3 is 4.74 Å². The van der Waals surface area contributed by atoms with Crippen molar-refractivity contribution in [3.63, 3.8) is 0 Å². The molecule has 2 aromatic rings. The average Bonchev–Trinajstić information content (AvgIpc) is 3.02. The lowest BCUT2D eigenvalue weighted by molar-refractivity contribution is -0.123. The van der Waals surface area contributed by atoms with E-state index in [-0.39, 0.29) is 12.0 Å². The molecule has 1 aromatic heterocycles. The molecule has 0 bridgehead atoms. The third-order valence-corrected chi connectivity index (χ3v) is 5.18. The molecule has 1 fully saturated rings. The summed E-state index contributed by atoms with van der Waals surface area (Å²) in [5.74, 6) is 0.0518. The molecule has 0 radical (unpaired) electrons. The number of carbonyl (C=O) groups is 1. The van der Waals surface area contributed by atoms with Gasteiger partial charge in [0.1, 0.15) is 0 Å². The van der Waals surface area contributed by atoms with Crippen molar-refractivity contribution in [2.45, 2.75) is 26.0 Å². The average molecular weight is 345 g/mol. The molecule has 0 aliphatic carbocycles. The number of ether oxygens (including phenoxy) is 1. The highest BCUT2D eigenvalue weighted by Gasteiger charge is 2.25. The zero-order chi connectivity index (χ0) is 16.9. The summed E-state index contributed by atoms with van der Waals surface area (Å²) < 4.78 is 5.80. The Morgan fingerprint density at radius 2 is 2.21 bits per heavy atom. The van der Waals surface area contributed by atoms with Crippen LogP contribution in [0, 0.1) is 6.92 Å². The van der Waals surface area contributed by atoms with Crippen LogP contribution in [0.5, 0.6) is 0 Å². The second-order valence-corrected chi connectivity index (χ2v) is 6.98. The molecule has 1 aliphatic rings. The van der Waals surface area contributed by atoms with Crippen molar-refractivity contribution in [2.24, 2.45) is 0 Å². The van der Waals surface area contributed by atoms with Gasteiger partial charge in [-0.05, 0) is 12.5 Å². The fourth-order valence-electron chi connectivity index (χ4n) is 2.82. The number of carbonyl (C=O) groups excluding carboxylic acids is 1. The van der Waals surface area contributed by atoms with E-state index in [9.17, 15) is 4.79 Å². The van der Waals surface area contributed by atoms with Crippen LogP contribution < -0.4 is 4.90 Å². The summed E-state index contributed by atoms with van der Waals surface area (Å²) in [7, 11) is 1.78. The number of morpholine rings is 1. The van der Waals surface area contributed by atoms with Gasteiger partial charge in [-0.3, -0.25) is 14.6 Å². The Kier molecular flexibility index (Phi) is 5.60. The van der Waals surface area contributed by atoms with Crippen LogP contribution in [-0.2, 0) is 16.1 Å². The highest BCUT2D eigenvalue weighted by Crippen LogP contribution is 2.21. The van der Waals surface area contributed by atoms with Gasteiger partial charge in [-0.1, -0.05) is 30.3 Å². The van der Waals surface area contributed by atoms with Gasteiger partial charge in [0.15, 0.2) is 5.13 Å². The lowest BCUT2D eigenvalue weighted by atomic mass is 10.1. The Morgan fingerprint density at radius 1 is 1.42 bits per heavy atom. The first-order valence-electron chi connectivity index (χ1n) is 8.18. The lowest BCUT2D eigenvalue weighted by Crippen LogP contribution is -2.44. The van der Waals surface area contributed by atoms with E-state index in [2.05, 4.69) is 34.1 Å². The zero-order valence-electron chi connectivity index (χ0n) is 14.1. The van der Waals surface area contributed by atoms with Crippen molar-refractivity contribution in [2.75, 3.05) is 31.6 Å². The summed E-state index contributed by atoms with van der Waals surface area (Å²) in [6.45, 7) is 5.19. The zero-order valence-corrected chi connectivity index (χ0v) is 15.0. The van der Waals surface area contributed by atoms with Gasteiger partial charge in [-0.15, -0.1) is 11.3 Å². The molecule has 1 aliphatic heterocycles. The van der Waals surface area contributed by atoms with E-state index in [0.717, 1.165) is 30.5 Å². The van der Waals surface area contributed by atoms with E-state index >= 15 is 0 Å². The molecule has 5 nitrogen and oxygen atoms in total. The van der Waals surface area contributed by atoms with E-state index in [4.69, 9.17) is 4.74 Å². The third kappa shape index (κ3) is 4.41. The topological polar surface area (TPSA) is 45.7 Å². The third-order valence-electron chi connectivity index (χ3n) is 4.14. The Morgan fingerprint density at radius 3 is 2.92 bits per heavy atom. The van der Waals surface area contributed by atoms with Crippen LogP contribution in [0.4, 0.5) is 5.13 Å². The number of benzene rings is 1. The molecule has 1 saturated heterocycles. The summed E-state index contributed by atoms with van der Waals surface area (Å²) in [5.41, 5.74) is 2.23. The predicted molar refractivity (Wildman–Crippen MR) is 96.3 cm³/mol. The Bertz CT molecular complexity index is 674. The number of aromatic nitrogens is 1. The molecule has 6 heteroatoms. The molecule has 2 heterocycles. The predicted octanol–water partition coefficient (Wildman–Crippen LogP) is 2.71. The monoisotopic (exact) mass is 345 g/mol. The van der Waals surface area contributed by atoms with Crippen molar-refractivity contribution < 1.29 is 9.53 Å². The summed E-state index contributed by atoms with van der Waals surface area (Å²) in [4.78, 5) is 20.8. The molecule has 3 rings (SSSR count). The smallest absolute Gasteiger partial charge is 0.231 e. The first-order valence-corrected chi connectivity index (χ1v) is 9.06. The lowest BCUT2D eigenvalue weighted by Gasteiger charge is -2.33. The summed E-state index contributed by atoms with van der Waals surface area (Å²) in [5, 5.41) is 2.70. The first-order chi connectivity index (χ1) is 11.6. The van der Waals surface area contributed by atoms with Crippen LogP contribution in [0.25, 0.3) is 0 Å². The van der Waals surface area contributed by atoms with Crippen LogP contribution in [0.2, 0.25) is 0 Å². The van der Waals surface area contributed by atoms with E-state index in [1.165, 1.54) is 16.9 Å². The molecule has 0 saturated carbocycles. The van der Waals surface area contributed by atoms with E-state index in [1.54, 1.807) is 11.9 Å². The number of hydrogen-bond donors (Lipinski definition) is 0. The minimum atomic E-state index is -0.0570. The number of thiazole rings is 1. The highest BCUT2D eigenvalue weighted by molar-refractivity contribution is 7.14. The van der Waals surface area contributed by atoms with Crippen LogP contribution >= 0.6 is 11.3 Å². The van der Waals surface area contributed by atoms with E-state index in [1.807, 2.05) is 18.4 Å². The molecule has 1 amide bonds. The van der Waals surface area contributed by atoms with Crippen molar-refractivity contribution in [3.05, 3.63) is 47.0 Å². The van der Waals surface area contributed by atoms with Gasteiger partial charge in [-0.2, -0.15) is 0 Å². The minimum Gasteiger partial charge on any atom is -0.375 e. The molecule has 0 N–H and O–H groups in total. The fourth-order valence-corrected chi connectivity index (χ4v) is 3.61. The maximum absolute atomic E-state index is 12.5. The number of rotatable bonds is 5. The van der Waals surface area contributed by atoms with Gasteiger partial charge in [-0.25, -0.2) is 4.98 Å². The summed E-state index contributed by atoms with van der Waals surface area (Å²) in [6.07, 6.45) is 0.332. The Balaban J connectivity index is 1.54. The van der Waals surface area contributed by atoms with Gasteiger partial charge in [0, 0.05) is 32.1 Å². The standard InChI is InChI=1S/C18H23N3O2S/c1-14-13-24-18(19-14)20(2)17(22)10-16-12-21(8-9-23-16)11-15-6-4-3-5-7-15/h3-7,13,16H,8-12H2,1-2H3/t16-/m0/s1. The van der Waals surface area contributed by atoms with E-state index < -0.39 is 0 Å². The molecule has 1 atom stereocenters. The van der Waals surface area contributed by atoms with Crippen molar-refractivity contribution in [1.82, 2.24) is 9.88 Å². The highest BCUT2D eigenvalue weighted by atomic mass is 32.1. The van der Waals surface area contributed by atoms with Crippen molar-refractivity contribution >= 4 is 22.4 Å². The van der Waals surface area contributed by atoms with Crippen LogP contribution in [0.15, 0.2) is 35.7 Å². The van der Waals surface area contributed by atoms with Crippen molar-refractivity contribution in [3.8, 4) is 0 Å². The second-order valence-electron chi connectivity index (χ2n) is 6.14. The quantitative estimate of drug-likeness (QED) is 0.836. The summed E-state index contributed by atoms with van der Waals surface area (Å²) in [6, 6.07) is 10.4. The number of hydrogen-bond acceptors (Lipinski definition) is 5. The molecule has 1 aromatic carbocycles. The molecule has 24 heavy (non-hydrogen) atoms. The SMILES string of the molecule is Cc1csc(N(C)C(=O)C[C@H]2CN(Cc3ccccc3)CCO2)n1. The second kappa shape index (κ2) is 7.88. The van der Waals surface area contributed by atoms with Gasteiger partial charge >= 0.3 is 0 Å². The molecular formula is C18H23N3O2S. The molecular weight excluding hydrogens is 322 g/mol. The molecule has 0 unspecified atom stereocenters. The largest absolute Gasteiger partial charge is 0.375 e. The van der Waals surface area contributed by atoms with Gasteiger partial charge in [0.05, 0.1) is 24.8 Å². The number of nitrogens with zero attached hydrogens (tertiary/aromatic N) is 3. The van der Waals surface area contributed by atoms with Gasteiger partial charge in [0.2, 0.25) is 5.91 Å². The van der Waals surface area contributed by atoms with E-state index in [0.29, 0.717) is 13.0 Å². The Hall–Kier alpha value is -1.76. The number of amides is 1. The van der Waals surface area contributed by atoms with Crippen LogP contribution in [-0.4, -0.2) is 48.6 Å². The summed E-state index contributed by atoms with van der Waals surface area (Å²) >= 11 is 1.49. The maximum Gasteiger partial charge on any atom is 0.231 e. The Labute approximate surface area is 146 Å². The first kappa shape index (κ1) is 17.1. The fraction of sp³-hybridized carbons (Fsp3) is 0.444. The minimum absolute atomic E-state index is 0.0518. The number of aryl methyl sites for hydroxylation is 1. The maximum atomic E-state index is 12.5. The molecule has 0 spiro atoms. The van der Waals surface area contributed by atoms with Crippen LogP contribution in [0.1, 0.15) is 17.7 Å². The number of anilines is 1.